The first-order valence-electron chi connectivity index (χ1n) is 9.78. The maximum atomic E-state index is 13.1. The van der Waals surface area contributed by atoms with Gasteiger partial charge in [0.2, 0.25) is 0 Å². The summed E-state index contributed by atoms with van der Waals surface area (Å²) in [6, 6.07) is 18.3. The molecule has 2 heterocycles. The molecule has 2 aromatic heterocycles. The van der Waals surface area contributed by atoms with Gasteiger partial charge >= 0.3 is 0 Å². The Balaban J connectivity index is 1.74. The van der Waals surface area contributed by atoms with Gasteiger partial charge in [0.25, 0.3) is 5.91 Å². The van der Waals surface area contributed by atoms with Crippen molar-refractivity contribution >= 4 is 17.4 Å². The van der Waals surface area contributed by atoms with E-state index in [0.717, 1.165) is 16.7 Å². The fourth-order valence-corrected chi connectivity index (χ4v) is 3.13. The third-order valence-electron chi connectivity index (χ3n) is 4.82. The molecule has 6 nitrogen and oxygen atoms in total. The van der Waals surface area contributed by atoms with Crippen LogP contribution >= 0.6 is 0 Å². The molecule has 31 heavy (non-hydrogen) atoms. The molecule has 152 valence electrons. The first-order valence-corrected chi connectivity index (χ1v) is 9.78. The zero-order valence-corrected chi connectivity index (χ0v) is 17.2. The van der Waals surface area contributed by atoms with Gasteiger partial charge in [-0.2, -0.15) is 0 Å². The highest BCUT2D eigenvalue weighted by Crippen LogP contribution is 2.25. The molecular formula is C25H20N4O2. The third kappa shape index (κ3) is 4.53. The van der Waals surface area contributed by atoms with Gasteiger partial charge in [-0.05, 0) is 38.1 Å². The second-order valence-electron chi connectivity index (χ2n) is 7.15. The van der Waals surface area contributed by atoms with Gasteiger partial charge in [0, 0.05) is 41.0 Å². The van der Waals surface area contributed by atoms with Crippen LogP contribution in [0.1, 0.15) is 33.2 Å². The molecular weight excluding hydrogens is 388 g/mol. The van der Waals surface area contributed by atoms with Crippen LogP contribution in [0, 0.1) is 6.92 Å². The van der Waals surface area contributed by atoms with Crippen LogP contribution < -0.4 is 5.32 Å². The third-order valence-corrected chi connectivity index (χ3v) is 4.82. The largest absolute Gasteiger partial charge is 0.322 e. The lowest BCUT2D eigenvalue weighted by molar-refractivity contribution is 0.101. The van der Waals surface area contributed by atoms with E-state index in [1.165, 1.54) is 13.1 Å². The highest BCUT2D eigenvalue weighted by molar-refractivity contribution is 6.08. The Morgan fingerprint density at radius 2 is 1.65 bits per heavy atom. The molecule has 0 bridgehead atoms. The van der Waals surface area contributed by atoms with Crippen molar-refractivity contribution in [2.24, 2.45) is 0 Å². The van der Waals surface area contributed by atoms with E-state index >= 15 is 0 Å². The fourth-order valence-electron chi connectivity index (χ4n) is 3.13. The summed E-state index contributed by atoms with van der Waals surface area (Å²) >= 11 is 0. The summed E-state index contributed by atoms with van der Waals surface area (Å²) in [5.74, 6) is 0.101. The number of anilines is 1. The highest BCUT2D eigenvalue weighted by Gasteiger charge is 2.17. The van der Waals surface area contributed by atoms with E-state index in [4.69, 9.17) is 4.98 Å². The minimum atomic E-state index is -0.358. The number of aromatic nitrogens is 3. The lowest BCUT2D eigenvalue weighted by atomic mass is 10.1. The van der Waals surface area contributed by atoms with Crippen molar-refractivity contribution in [1.82, 2.24) is 15.0 Å². The zero-order valence-electron chi connectivity index (χ0n) is 17.2. The number of ketones is 1. The number of hydrogen-bond acceptors (Lipinski definition) is 5. The zero-order chi connectivity index (χ0) is 21.8. The average Bonchev–Trinajstić information content (AvgIpc) is 2.80. The second kappa shape index (κ2) is 8.67. The molecule has 0 saturated heterocycles. The summed E-state index contributed by atoms with van der Waals surface area (Å²) in [7, 11) is 0. The predicted octanol–water partition coefficient (Wildman–Crippen LogP) is 4.97. The molecule has 0 aliphatic carbocycles. The molecule has 4 aromatic rings. The van der Waals surface area contributed by atoms with Crippen LogP contribution in [0.15, 0.2) is 79.3 Å². The van der Waals surface area contributed by atoms with Gasteiger partial charge in [-0.15, -0.1) is 0 Å². The number of carbonyl (C=O) groups is 2. The Morgan fingerprint density at radius 1 is 0.903 bits per heavy atom. The maximum absolute atomic E-state index is 13.1. The minimum Gasteiger partial charge on any atom is -0.322 e. The minimum absolute atomic E-state index is 0.0700. The maximum Gasteiger partial charge on any atom is 0.259 e. The summed E-state index contributed by atoms with van der Waals surface area (Å²) in [6.07, 6.45) is 4.84. The van der Waals surface area contributed by atoms with E-state index in [9.17, 15) is 9.59 Å². The number of benzene rings is 2. The molecule has 0 unspecified atom stereocenters. The number of amides is 1. The van der Waals surface area contributed by atoms with Crippen LogP contribution in [0.25, 0.3) is 22.6 Å². The van der Waals surface area contributed by atoms with Crippen LogP contribution in [-0.2, 0) is 0 Å². The molecule has 1 amide bonds. The lowest BCUT2D eigenvalue weighted by Crippen LogP contribution is -2.15. The first kappa shape index (κ1) is 20.1. The van der Waals surface area contributed by atoms with E-state index in [1.807, 2.05) is 31.2 Å². The summed E-state index contributed by atoms with van der Waals surface area (Å²) in [5.41, 5.74) is 4.65. The predicted molar refractivity (Wildman–Crippen MR) is 120 cm³/mol. The quantitative estimate of drug-likeness (QED) is 0.471. The average molecular weight is 408 g/mol. The van der Waals surface area contributed by atoms with E-state index in [0.29, 0.717) is 28.3 Å². The SMILES string of the molecule is CC(=O)c1cccc(NC(=O)c2cnc(-c3ccc(C)cc3)nc2-c2ccncc2)c1. The van der Waals surface area contributed by atoms with Gasteiger partial charge < -0.3 is 5.32 Å². The number of Topliss-reactive ketones (excluding diaryl/α,β-unsaturated/α-hetero) is 1. The molecule has 0 aliphatic rings. The van der Waals surface area contributed by atoms with Crippen LogP contribution in [0.4, 0.5) is 5.69 Å². The number of carbonyl (C=O) groups excluding carboxylic acids is 2. The summed E-state index contributed by atoms with van der Waals surface area (Å²) < 4.78 is 0. The number of aryl methyl sites for hydroxylation is 1. The Labute approximate surface area is 180 Å². The number of hydrogen-bond donors (Lipinski definition) is 1. The molecule has 0 fully saturated rings. The van der Waals surface area contributed by atoms with Gasteiger partial charge in [-0.25, -0.2) is 9.97 Å². The van der Waals surface area contributed by atoms with Gasteiger partial charge in [-0.1, -0.05) is 42.0 Å². The van der Waals surface area contributed by atoms with Gasteiger partial charge in [0.05, 0.1) is 11.3 Å². The van der Waals surface area contributed by atoms with Gasteiger partial charge in [0.15, 0.2) is 11.6 Å². The normalized spacial score (nSPS) is 10.5. The number of pyridine rings is 1. The lowest BCUT2D eigenvalue weighted by Gasteiger charge is -2.12. The van der Waals surface area contributed by atoms with Crippen molar-refractivity contribution in [3.63, 3.8) is 0 Å². The van der Waals surface area contributed by atoms with E-state index in [1.54, 1.807) is 48.8 Å². The second-order valence-corrected chi connectivity index (χ2v) is 7.15. The summed E-state index contributed by atoms with van der Waals surface area (Å²) in [6.45, 7) is 3.50. The molecule has 0 aliphatic heterocycles. The molecule has 4 rings (SSSR count). The number of rotatable bonds is 5. The monoisotopic (exact) mass is 408 g/mol. The molecule has 0 atom stereocenters. The van der Waals surface area contributed by atoms with Crippen molar-refractivity contribution in [1.29, 1.82) is 0 Å². The van der Waals surface area contributed by atoms with Crippen LogP contribution in [-0.4, -0.2) is 26.6 Å². The van der Waals surface area contributed by atoms with E-state index in [-0.39, 0.29) is 11.7 Å². The Hall–Kier alpha value is -4.19. The smallest absolute Gasteiger partial charge is 0.259 e. The van der Waals surface area contributed by atoms with Crippen molar-refractivity contribution < 1.29 is 9.59 Å². The highest BCUT2D eigenvalue weighted by atomic mass is 16.1. The van der Waals surface area contributed by atoms with Crippen LogP contribution in [0.3, 0.4) is 0 Å². The Morgan fingerprint density at radius 3 is 2.35 bits per heavy atom. The molecule has 2 aromatic carbocycles. The van der Waals surface area contributed by atoms with Crippen molar-refractivity contribution in [2.45, 2.75) is 13.8 Å². The van der Waals surface area contributed by atoms with Crippen molar-refractivity contribution in [3.05, 3.63) is 95.9 Å². The van der Waals surface area contributed by atoms with Crippen molar-refractivity contribution in [3.8, 4) is 22.6 Å². The number of nitrogens with zero attached hydrogens (tertiary/aromatic N) is 3. The topological polar surface area (TPSA) is 84.8 Å². The number of nitrogens with one attached hydrogen (secondary N) is 1. The van der Waals surface area contributed by atoms with E-state index in [2.05, 4.69) is 15.3 Å². The van der Waals surface area contributed by atoms with Gasteiger partial charge in [0.1, 0.15) is 0 Å². The Kier molecular flexibility index (Phi) is 5.62. The summed E-state index contributed by atoms with van der Waals surface area (Å²) in [5, 5.41) is 2.84. The standard InChI is InChI=1S/C25H20N4O2/c1-16-6-8-19(9-7-16)24-27-15-22(23(29-24)18-10-12-26-13-11-18)25(31)28-21-5-3-4-20(14-21)17(2)30/h3-15H,1-2H3,(H,28,31). The fraction of sp³-hybridized carbons (Fsp3) is 0.0800. The van der Waals surface area contributed by atoms with E-state index < -0.39 is 0 Å². The van der Waals surface area contributed by atoms with Crippen LogP contribution in [0.5, 0.6) is 0 Å². The molecule has 0 saturated carbocycles. The molecule has 0 spiro atoms. The Bertz CT molecular complexity index is 1250. The first-order chi connectivity index (χ1) is 15.0. The summed E-state index contributed by atoms with van der Waals surface area (Å²) in [4.78, 5) is 37.9. The van der Waals surface area contributed by atoms with Crippen molar-refractivity contribution in [2.75, 3.05) is 5.32 Å². The molecule has 0 radical (unpaired) electrons. The van der Waals surface area contributed by atoms with Crippen LogP contribution in [0.2, 0.25) is 0 Å². The van der Waals surface area contributed by atoms with Gasteiger partial charge in [-0.3, -0.25) is 14.6 Å². The molecule has 1 N–H and O–H groups in total. The molecule has 6 heteroatoms.